The first kappa shape index (κ1) is 14.0. The highest BCUT2D eigenvalue weighted by atomic mass is 79.9. The van der Waals surface area contributed by atoms with Crippen LogP contribution in [0.3, 0.4) is 0 Å². The van der Waals surface area contributed by atoms with E-state index in [-0.39, 0.29) is 11.6 Å². The zero-order chi connectivity index (χ0) is 13.1. The largest absolute Gasteiger partial charge is 0.379 e. The molecule has 0 aliphatic carbocycles. The van der Waals surface area contributed by atoms with Gasteiger partial charge in [0.25, 0.3) is 0 Å². The monoisotopic (exact) mass is 296 g/mol. The molecular weight excluding hydrogens is 280 g/mol. The van der Waals surface area contributed by atoms with Crippen LogP contribution in [0.15, 0.2) is 22.7 Å². The molecule has 1 rings (SSSR count). The minimum absolute atomic E-state index is 0.0979. The molecule has 3 nitrogen and oxygen atoms in total. The first-order valence-electron chi connectivity index (χ1n) is 5.42. The van der Waals surface area contributed by atoms with Crippen molar-refractivity contribution in [3.05, 3.63) is 28.2 Å². The Morgan fingerprint density at radius 1 is 1.47 bits per heavy atom. The standard InChI is InChI=1S/C13H17BrN2O/c1-9(13(2,3)17-4)16-12-6-5-11(14)7-10(12)8-15/h5-7,9,16H,1-4H3. The van der Waals surface area contributed by atoms with Crippen LogP contribution in [-0.2, 0) is 4.74 Å². The van der Waals surface area contributed by atoms with Crippen molar-refractivity contribution in [2.75, 3.05) is 12.4 Å². The molecule has 0 saturated carbocycles. The van der Waals surface area contributed by atoms with E-state index in [0.29, 0.717) is 5.56 Å². The van der Waals surface area contributed by atoms with Gasteiger partial charge in [0, 0.05) is 11.6 Å². The Balaban J connectivity index is 2.93. The number of ether oxygens (including phenoxy) is 1. The summed E-state index contributed by atoms with van der Waals surface area (Å²) in [7, 11) is 1.69. The van der Waals surface area contributed by atoms with E-state index in [1.54, 1.807) is 13.2 Å². The lowest BCUT2D eigenvalue weighted by atomic mass is 9.99. The summed E-state index contributed by atoms with van der Waals surface area (Å²) < 4.78 is 6.32. The van der Waals surface area contributed by atoms with E-state index in [0.717, 1.165) is 10.2 Å². The number of halogens is 1. The maximum atomic E-state index is 9.07. The molecule has 1 aromatic carbocycles. The number of hydrogen-bond donors (Lipinski definition) is 1. The lowest BCUT2D eigenvalue weighted by Crippen LogP contribution is -2.41. The molecule has 0 fully saturated rings. The van der Waals surface area contributed by atoms with E-state index < -0.39 is 0 Å². The molecule has 1 atom stereocenters. The average Bonchev–Trinajstić information content (AvgIpc) is 2.31. The van der Waals surface area contributed by atoms with E-state index in [4.69, 9.17) is 10.00 Å². The normalized spacial score (nSPS) is 12.9. The van der Waals surface area contributed by atoms with E-state index in [2.05, 4.69) is 27.3 Å². The highest BCUT2D eigenvalue weighted by molar-refractivity contribution is 9.10. The highest BCUT2D eigenvalue weighted by Crippen LogP contribution is 2.24. The van der Waals surface area contributed by atoms with Crippen LogP contribution >= 0.6 is 15.9 Å². The Bertz CT molecular complexity index is 438. The second-order valence-electron chi connectivity index (χ2n) is 4.48. The molecule has 1 aromatic rings. The number of benzene rings is 1. The zero-order valence-electron chi connectivity index (χ0n) is 10.5. The first-order valence-corrected chi connectivity index (χ1v) is 6.21. The van der Waals surface area contributed by atoms with Gasteiger partial charge in [-0.05, 0) is 39.0 Å². The Labute approximate surface area is 111 Å². The third kappa shape index (κ3) is 3.45. The number of nitrogens with one attached hydrogen (secondary N) is 1. The molecule has 92 valence electrons. The van der Waals surface area contributed by atoms with E-state index in [9.17, 15) is 0 Å². The van der Waals surface area contributed by atoms with Gasteiger partial charge in [0.05, 0.1) is 22.9 Å². The second-order valence-corrected chi connectivity index (χ2v) is 5.39. The van der Waals surface area contributed by atoms with Crippen molar-refractivity contribution < 1.29 is 4.74 Å². The third-order valence-electron chi connectivity index (χ3n) is 3.04. The number of rotatable bonds is 4. The quantitative estimate of drug-likeness (QED) is 0.924. The van der Waals surface area contributed by atoms with Crippen molar-refractivity contribution in [2.45, 2.75) is 32.4 Å². The number of nitriles is 1. The summed E-state index contributed by atoms with van der Waals surface area (Å²) in [6.07, 6.45) is 0. The SMILES string of the molecule is COC(C)(C)C(C)Nc1ccc(Br)cc1C#N. The summed E-state index contributed by atoms with van der Waals surface area (Å²) in [5.41, 5.74) is 1.16. The molecule has 0 aromatic heterocycles. The van der Waals surface area contributed by atoms with Gasteiger partial charge in [0.15, 0.2) is 0 Å². The van der Waals surface area contributed by atoms with E-state index in [1.165, 1.54) is 0 Å². The van der Waals surface area contributed by atoms with Gasteiger partial charge in [0.2, 0.25) is 0 Å². The fraction of sp³-hybridized carbons (Fsp3) is 0.462. The lowest BCUT2D eigenvalue weighted by Gasteiger charge is -2.32. The molecular formula is C13H17BrN2O. The summed E-state index contributed by atoms with van der Waals surface area (Å²) in [5, 5.41) is 12.4. The lowest BCUT2D eigenvalue weighted by molar-refractivity contribution is 0.0107. The first-order chi connectivity index (χ1) is 7.90. The predicted octanol–water partition coefficient (Wildman–Crippen LogP) is 3.55. The average molecular weight is 297 g/mol. The number of methoxy groups -OCH3 is 1. The fourth-order valence-corrected chi connectivity index (χ4v) is 1.68. The van der Waals surface area contributed by atoms with Gasteiger partial charge in [-0.15, -0.1) is 0 Å². The Kier molecular flexibility index (Phi) is 4.55. The van der Waals surface area contributed by atoms with Gasteiger partial charge in [-0.2, -0.15) is 5.26 Å². The minimum atomic E-state index is -0.292. The van der Waals surface area contributed by atoms with Crippen LogP contribution in [-0.4, -0.2) is 18.8 Å². The smallest absolute Gasteiger partial charge is 0.101 e. The molecule has 17 heavy (non-hydrogen) atoms. The van der Waals surface area contributed by atoms with E-state index in [1.807, 2.05) is 32.9 Å². The van der Waals surface area contributed by atoms with Crippen LogP contribution in [0.2, 0.25) is 0 Å². The molecule has 0 bridgehead atoms. The molecule has 0 amide bonds. The number of hydrogen-bond acceptors (Lipinski definition) is 3. The van der Waals surface area contributed by atoms with Crippen LogP contribution in [0, 0.1) is 11.3 Å². The van der Waals surface area contributed by atoms with Crippen LogP contribution in [0.4, 0.5) is 5.69 Å². The van der Waals surface area contributed by atoms with E-state index >= 15 is 0 Å². The number of anilines is 1. The fourth-order valence-electron chi connectivity index (χ4n) is 1.32. The minimum Gasteiger partial charge on any atom is -0.379 e. The molecule has 1 unspecified atom stereocenters. The van der Waals surface area contributed by atoms with Crippen LogP contribution in [0.5, 0.6) is 0 Å². The predicted molar refractivity (Wildman–Crippen MR) is 73.0 cm³/mol. The summed E-state index contributed by atoms with van der Waals surface area (Å²) in [5.74, 6) is 0. The van der Waals surface area contributed by atoms with Crippen LogP contribution < -0.4 is 5.32 Å². The topological polar surface area (TPSA) is 45.0 Å². The molecule has 1 N–H and O–H groups in total. The van der Waals surface area contributed by atoms with Gasteiger partial charge in [-0.25, -0.2) is 0 Å². The van der Waals surface area contributed by atoms with Crippen molar-refractivity contribution >= 4 is 21.6 Å². The van der Waals surface area contributed by atoms with Crippen molar-refractivity contribution in [3.8, 4) is 6.07 Å². The van der Waals surface area contributed by atoms with Crippen LogP contribution in [0.25, 0.3) is 0 Å². The maximum absolute atomic E-state index is 9.07. The summed E-state index contributed by atoms with van der Waals surface area (Å²) >= 11 is 3.35. The molecule has 0 radical (unpaired) electrons. The third-order valence-corrected chi connectivity index (χ3v) is 3.54. The molecule has 0 aliphatic rings. The summed E-state index contributed by atoms with van der Waals surface area (Å²) in [6, 6.07) is 7.88. The number of nitrogens with zero attached hydrogens (tertiary/aromatic N) is 1. The van der Waals surface area contributed by atoms with Gasteiger partial charge < -0.3 is 10.1 Å². The highest BCUT2D eigenvalue weighted by Gasteiger charge is 2.25. The molecule has 0 spiro atoms. The van der Waals surface area contributed by atoms with Gasteiger partial charge in [-0.1, -0.05) is 15.9 Å². The van der Waals surface area contributed by atoms with Gasteiger partial charge in [-0.3, -0.25) is 0 Å². The Morgan fingerprint density at radius 2 is 2.12 bits per heavy atom. The Hall–Kier alpha value is -1.05. The van der Waals surface area contributed by atoms with Crippen molar-refractivity contribution in [3.63, 3.8) is 0 Å². The maximum Gasteiger partial charge on any atom is 0.101 e. The molecule has 0 saturated heterocycles. The summed E-state index contributed by atoms with van der Waals surface area (Å²) in [4.78, 5) is 0. The van der Waals surface area contributed by atoms with Crippen molar-refractivity contribution in [1.29, 1.82) is 5.26 Å². The van der Waals surface area contributed by atoms with Crippen LogP contribution in [0.1, 0.15) is 26.3 Å². The zero-order valence-corrected chi connectivity index (χ0v) is 12.1. The van der Waals surface area contributed by atoms with Gasteiger partial charge in [0.1, 0.15) is 6.07 Å². The molecule has 4 heteroatoms. The molecule has 0 aliphatic heterocycles. The Morgan fingerprint density at radius 3 is 2.65 bits per heavy atom. The van der Waals surface area contributed by atoms with Gasteiger partial charge >= 0.3 is 0 Å². The second kappa shape index (κ2) is 5.52. The van der Waals surface area contributed by atoms with Crippen molar-refractivity contribution in [1.82, 2.24) is 0 Å². The molecule has 0 heterocycles. The van der Waals surface area contributed by atoms with Crippen molar-refractivity contribution in [2.24, 2.45) is 0 Å². The summed E-state index contributed by atoms with van der Waals surface area (Å²) in [6.45, 7) is 6.05.